The standard InChI is InChI=1S/C17H16ClN/c1-2-13-5-8-17-15(11-13)9-10-19(17)12-14-3-6-16(18)7-4-14/h3-11H,2,12H2,1H3. The first-order valence-electron chi connectivity index (χ1n) is 6.58. The molecule has 0 amide bonds. The SMILES string of the molecule is CCc1ccc2c(ccn2Cc2ccc(Cl)cc2)c1. The highest BCUT2D eigenvalue weighted by molar-refractivity contribution is 6.30. The maximum Gasteiger partial charge on any atom is 0.0483 e. The average Bonchev–Trinajstić information content (AvgIpc) is 2.83. The molecule has 0 saturated heterocycles. The van der Waals surface area contributed by atoms with E-state index in [1.54, 1.807) is 0 Å². The highest BCUT2D eigenvalue weighted by Gasteiger charge is 2.02. The van der Waals surface area contributed by atoms with Crippen molar-refractivity contribution in [2.45, 2.75) is 19.9 Å². The number of hydrogen-bond acceptors (Lipinski definition) is 0. The van der Waals surface area contributed by atoms with Crippen LogP contribution in [0, 0.1) is 0 Å². The van der Waals surface area contributed by atoms with Crippen molar-refractivity contribution in [1.82, 2.24) is 4.57 Å². The molecule has 0 aliphatic heterocycles. The van der Waals surface area contributed by atoms with Gasteiger partial charge >= 0.3 is 0 Å². The Bertz CT molecular complexity index is 695. The second-order valence-electron chi connectivity index (χ2n) is 4.82. The van der Waals surface area contributed by atoms with E-state index in [1.807, 2.05) is 12.1 Å². The molecule has 0 spiro atoms. The molecule has 0 bridgehead atoms. The number of fused-ring (bicyclic) bond motifs is 1. The lowest BCUT2D eigenvalue weighted by molar-refractivity contribution is 0.837. The molecular weight excluding hydrogens is 254 g/mol. The van der Waals surface area contributed by atoms with Crippen molar-refractivity contribution in [3.8, 4) is 0 Å². The van der Waals surface area contributed by atoms with Crippen LogP contribution in [0.3, 0.4) is 0 Å². The van der Waals surface area contributed by atoms with Crippen LogP contribution in [0.4, 0.5) is 0 Å². The minimum absolute atomic E-state index is 0.786. The predicted molar refractivity (Wildman–Crippen MR) is 81.9 cm³/mol. The number of hydrogen-bond donors (Lipinski definition) is 0. The third-order valence-corrected chi connectivity index (χ3v) is 3.76. The Morgan fingerprint density at radius 2 is 1.68 bits per heavy atom. The van der Waals surface area contributed by atoms with Gasteiger partial charge in [-0.3, -0.25) is 0 Å². The largest absolute Gasteiger partial charge is 0.343 e. The van der Waals surface area contributed by atoms with E-state index in [0.29, 0.717) is 0 Å². The lowest BCUT2D eigenvalue weighted by atomic mass is 10.1. The summed E-state index contributed by atoms with van der Waals surface area (Å²) in [5.74, 6) is 0. The Balaban J connectivity index is 1.95. The monoisotopic (exact) mass is 269 g/mol. The normalized spacial score (nSPS) is 11.1. The molecule has 96 valence electrons. The smallest absolute Gasteiger partial charge is 0.0483 e. The Labute approximate surface area is 118 Å². The second kappa shape index (κ2) is 5.10. The molecule has 1 nitrogen and oxygen atoms in total. The van der Waals surface area contributed by atoms with Gasteiger partial charge in [0.1, 0.15) is 0 Å². The minimum atomic E-state index is 0.786. The molecular formula is C17H16ClN. The van der Waals surface area contributed by atoms with Crippen LogP contribution in [0.25, 0.3) is 10.9 Å². The lowest BCUT2D eigenvalue weighted by Crippen LogP contribution is -1.97. The molecule has 0 saturated carbocycles. The summed E-state index contributed by atoms with van der Waals surface area (Å²) in [4.78, 5) is 0. The summed E-state index contributed by atoms with van der Waals surface area (Å²) in [5, 5.41) is 2.10. The molecule has 3 aromatic rings. The van der Waals surface area contributed by atoms with Crippen molar-refractivity contribution in [2.24, 2.45) is 0 Å². The number of benzene rings is 2. The summed E-state index contributed by atoms with van der Waals surface area (Å²) < 4.78 is 2.28. The zero-order valence-electron chi connectivity index (χ0n) is 10.9. The molecule has 1 heterocycles. The summed E-state index contributed by atoms with van der Waals surface area (Å²) >= 11 is 5.92. The van der Waals surface area contributed by atoms with Gasteiger partial charge in [0.2, 0.25) is 0 Å². The van der Waals surface area contributed by atoms with Crippen molar-refractivity contribution in [2.75, 3.05) is 0 Å². The number of halogens is 1. The fourth-order valence-corrected chi connectivity index (χ4v) is 2.52. The van der Waals surface area contributed by atoms with Gasteiger partial charge in [0.15, 0.2) is 0 Å². The van der Waals surface area contributed by atoms with Crippen LogP contribution in [0.15, 0.2) is 54.7 Å². The number of rotatable bonds is 3. The third-order valence-electron chi connectivity index (χ3n) is 3.51. The molecule has 0 aliphatic carbocycles. The van der Waals surface area contributed by atoms with Crippen molar-refractivity contribution in [1.29, 1.82) is 0 Å². The molecule has 0 aliphatic rings. The van der Waals surface area contributed by atoms with E-state index in [2.05, 4.69) is 54.1 Å². The van der Waals surface area contributed by atoms with Crippen molar-refractivity contribution in [3.63, 3.8) is 0 Å². The van der Waals surface area contributed by atoms with Crippen LogP contribution >= 0.6 is 11.6 Å². The quantitative estimate of drug-likeness (QED) is 0.637. The van der Waals surface area contributed by atoms with Gasteiger partial charge in [0, 0.05) is 23.3 Å². The Hall–Kier alpha value is -1.73. The molecule has 3 rings (SSSR count). The topological polar surface area (TPSA) is 4.93 Å². The number of aryl methyl sites for hydroxylation is 1. The molecule has 0 N–H and O–H groups in total. The van der Waals surface area contributed by atoms with E-state index in [0.717, 1.165) is 18.0 Å². The van der Waals surface area contributed by atoms with E-state index < -0.39 is 0 Å². The Kier molecular flexibility index (Phi) is 3.31. The molecule has 19 heavy (non-hydrogen) atoms. The van der Waals surface area contributed by atoms with E-state index in [4.69, 9.17) is 11.6 Å². The third kappa shape index (κ3) is 2.52. The number of nitrogens with zero attached hydrogens (tertiary/aromatic N) is 1. The summed E-state index contributed by atoms with van der Waals surface area (Å²) in [5.41, 5.74) is 3.94. The molecule has 0 radical (unpaired) electrons. The maximum absolute atomic E-state index is 5.92. The van der Waals surface area contributed by atoms with Gasteiger partial charge in [-0.15, -0.1) is 0 Å². The molecule has 2 heteroatoms. The van der Waals surface area contributed by atoms with Crippen LogP contribution in [0.1, 0.15) is 18.1 Å². The average molecular weight is 270 g/mol. The van der Waals surface area contributed by atoms with Gasteiger partial charge in [0.25, 0.3) is 0 Å². The maximum atomic E-state index is 5.92. The fraction of sp³-hybridized carbons (Fsp3) is 0.176. The zero-order valence-corrected chi connectivity index (χ0v) is 11.7. The first-order chi connectivity index (χ1) is 9.26. The van der Waals surface area contributed by atoms with Gasteiger partial charge in [-0.25, -0.2) is 0 Å². The van der Waals surface area contributed by atoms with Gasteiger partial charge in [-0.2, -0.15) is 0 Å². The van der Waals surface area contributed by atoms with Crippen molar-refractivity contribution >= 4 is 22.5 Å². The minimum Gasteiger partial charge on any atom is -0.343 e. The molecule has 0 fully saturated rings. The van der Waals surface area contributed by atoms with Crippen molar-refractivity contribution in [3.05, 3.63) is 70.9 Å². The summed E-state index contributed by atoms with van der Waals surface area (Å²) in [6, 6.07) is 16.9. The van der Waals surface area contributed by atoms with Gasteiger partial charge < -0.3 is 4.57 Å². The van der Waals surface area contributed by atoms with Gasteiger partial charge in [-0.1, -0.05) is 36.7 Å². The Morgan fingerprint density at radius 1 is 0.947 bits per heavy atom. The first kappa shape index (κ1) is 12.3. The van der Waals surface area contributed by atoms with Gasteiger partial charge in [-0.05, 0) is 53.3 Å². The molecule has 0 atom stereocenters. The van der Waals surface area contributed by atoms with E-state index in [9.17, 15) is 0 Å². The first-order valence-corrected chi connectivity index (χ1v) is 6.96. The second-order valence-corrected chi connectivity index (χ2v) is 5.25. The van der Waals surface area contributed by atoms with Crippen LogP contribution in [-0.4, -0.2) is 4.57 Å². The van der Waals surface area contributed by atoms with E-state index >= 15 is 0 Å². The predicted octanol–water partition coefficient (Wildman–Crippen LogP) is 4.91. The molecule has 1 aromatic heterocycles. The summed E-state index contributed by atoms with van der Waals surface area (Å²) in [6.07, 6.45) is 3.23. The Morgan fingerprint density at radius 3 is 2.42 bits per heavy atom. The van der Waals surface area contributed by atoms with E-state index in [1.165, 1.54) is 22.0 Å². The number of aromatic nitrogens is 1. The molecule has 2 aromatic carbocycles. The lowest BCUT2D eigenvalue weighted by Gasteiger charge is -2.06. The van der Waals surface area contributed by atoms with Gasteiger partial charge in [0.05, 0.1) is 0 Å². The summed E-state index contributed by atoms with van der Waals surface area (Å²) in [7, 11) is 0. The highest BCUT2D eigenvalue weighted by Crippen LogP contribution is 2.20. The van der Waals surface area contributed by atoms with Crippen molar-refractivity contribution < 1.29 is 0 Å². The van der Waals surface area contributed by atoms with E-state index in [-0.39, 0.29) is 0 Å². The zero-order chi connectivity index (χ0) is 13.2. The van der Waals surface area contributed by atoms with Crippen LogP contribution in [-0.2, 0) is 13.0 Å². The summed E-state index contributed by atoms with van der Waals surface area (Å²) in [6.45, 7) is 3.07. The highest BCUT2D eigenvalue weighted by atomic mass is 35.5. The molecule has 0 unspecified atom stereocenters. The van der Waals surface area contributed by atoms with Crippen LogP contribution in [0.2, 0.25) is 5.02 Å². The van der Waals surface area contributed by atoms with Crippen LogP contribution in [0.5, 0.6) is 0 Å². The van der Waals surface area contributed by atoms with Crippen LogP contribution < -0.4 is 0 Å². The fourth-order valence-electron chi connectivity index (χ4n) is 2.39.